The first-order valence-corrected chi connectivity index (χ1v) is 10.3. The van der Waals surface area contributed by atoms with E-state index in [1.54, 1.807) is 24.3 Å². The van der Waals surface area contributed by atoms with Gasteiger partial charge in [0.1, 0.15) is 22.5 Å². The molecule has 2 heterocycles. The number of phenolic OH excluding ortho intramolecular Hbond substituents is 1. The lowest BCUT2D eigenvalue weighted by atomic mass is 10.1. The fourth-order valence-corrected chi connectivity index (χ4v) is 3.53. The van der Waals surface area contributed by atoms with Gasteiger partial charge in [0.25, 0.3) is 0 Å². The second kappa shape index (κ2) is 10.3. The molecule has 1 fully saturated rings. The van der Waals surface area contributed by atoms with Crippen LogP contribution in [0, 0.1) is 0 Å². The summed E-state index contributed by atoms with van der Waals surface area (Å²) in [5.74, 6) is -0.162. The van der Waals surface area contributed by atoms with E-state index in [0.717, 1.165) is 13.2 Å². The second-order valence-electron chi connectivity index (χ2n) is 7.19. The normalized spacial score (nSPS) is 13.9. The lowest BCUT2D eigenvalue weighted by Crippen LogP contribution is -2.24. The third-order valence-corrected chi connectivity index (χ3v) is 5.19. The molecule has 0 amide bonds. The van der Waals surface area contributed by atoms with Gasteiger partial charge in [-0.05, 0) is 45.1 Å². The first kappa shape index (κ1) is 22.7. The summed E-state index contributed by atoms with van der Waals surface area (Å²) >= 11 is 6.12. The lowest BCUT2D eigenvalue weighted by molar-refractivity contribution is 0.122. The number of likely N-dealkylation sites (tertiary alicyclic amines) is 1. The van der Waals surface area contributed by atoms with Gasteiger partial charge >= 0.3 is 6.16 Å². The van der Waals surface area contributed by atoms with Crippen LogP contribution in [0.1, 0.15) is 19.3 Å². The molecule has 1 N–H and O–H groups in total. The van der Waals surface area contributed by atoms with Gasteiger partial charge < -0.3 is 23.9 Å². The number of hydrogen-bond donors (Lipinski definition) is 1. The van der Waals surface area contributed by atoms with Crippen LogP contribution < -0.4 is 10.2 Å². The fraction of sp³-hybridized carbons (Fsp3) is 0.304. The van der Waals surface area contributed by atoms with Crippen molar-refractivity contribution >= 4 is 28.7 Å². The molecule has 0 saturated carbocycles. The molecular formula is C23H24ClNO6. The number of piperidine rings is 1. The van der Waals surface area contributed by atoms with Crippen LogP contribution in [0.15, 0.2) is 51.7 Å². The van der Waals surface area contributed by atoms with Crippen molar-refractivity contribution in [3.8, 4) is 22.8 Å². The van der Waals surface area contributed by atoms with E-state index in [2.05, 4.69) is 16.7 Å². The van der Waals surface area contributed by atoms with E-state index in [1.807, 2.05) is 0 Å². The highest BCUT2D eigenvalue weighted by atomic mass is 35.5. The number of ether oxygens (including phenoxy) is 2. The van der Waals surface area contributed by atoms with Gasteiger partial charge in [0.2, 0.25) is 0 Å². The summed E-state index contributed by atoms with van der Waals surface area (Å²) in [6, 6.07) is 10.5. The molecule has 4 rings (SSSR count). The molecule has 0 aliphatic carbocycles. The summed E-state index contributed by atoms with van der Waals surface area (Å²) in [6.07, 6.45) is 3.26. The topological polar surface area (TPSA) is 89.2 Å². The summed E-state index contributed by atoms with van der Waals surface area (Å²) in [6.45, 7) is 2.64. The number of phenols is 1. The maximum atomic E-state index is 12.5. The Labute approximate surface area is 184 Å². The van der Waals surface area contributed by atoms with Crippen molar-refractivity contribution in [3.63, 3.8) is 0 Å². The van der Waals surface area contributed by atoms with Crippen LogP contribution in [0.4, 0.5) is 4.79 Å². The molecule has 1 saturated heterocycles. The van der Waals surface area contributed by atoms with Gasteiger partial charge in [0.15, 0.2) is 11.2 Å². The van der Waals surface area contributed by atoms with Gasteiger partial charge in [0.05, 0.1) is 12.1 Å². The van der Waals surface area contributed by atoms with Gasteiger partial charge in [0, 0.05) is 23.8 Å². The van der Waals surface area contributed by atoms with Crippen LogP contribution in [0.25, 0.3) is 22.3 Å². The number of carbonyl (C=O) groups is 1. The van der Waals surface area contributed by atoms with E-state index in [-0.39, 0.29) is 28.2 Å². The summed E-state index contributed by atoms with van der Waals surface area (Å²) in [5, 5.41) is 10.2. The minimum atomic E-state index is -1.02. The number of aromatic hydroxyl groups is 1. The smallest absolute Gasteiger partial charge is 0.508 e. The Balaban J connectivity index is 0.000000330. The molecule has 8 heteroatoms. The van der Waals surface area contributed by atoms with Gasteiger partial charge in [-0.3, -0.25) is 4.79 Å². The Kier molecular flexibility index (Phi) is 7.55. The van der Waals surface area contributed by atoms with E-state index in [4.69, 9.17) is 20.8 Å². The van der Waals surface area contributed by atoms with E-state index < -0.39 is 11.6 Å². The maximum Gasteiger partial charge on any atom is 0.513 e. The van der Waals surface area contributed by atoms with Crippen LogP contribution >= 0.6 is 11.6 Å². The highest BCUT2D eigenvalue weighted by molar-refractivity contribution is 6.33. The molecule has 164 valence electrons. The van der Waals surface area contributed by atoms with Crippen LogP contribution in [0.2, 0.25) is 5.02 Å². The number of methoxy groups -OCH3 is 1. The Bertz CT molecular complexity index is 1120. The predicted molar refractivity (Wildman–Crippen MR) is 119 cm³/mol. The number of hydrogen-bond acceptors (Lipinski definition) is 7. The fourth-order valence-electron chi connectivity index (χ4n) is 3.30. The molecule has 0 bridgehead atoms. The molecule has 1 aromatic heterocycles. The largest absolute Gasteiger partial charge is 0.513 e. The summed E-state index contributed by atoms with van der Waals surface area (Å²) in [7, 11) is 3.32. The highest BCUT2D eigenvalue weighted by Crippen LogP contribution is 2.33. The molecule has 1 aliphatic rings. The number of rotatable bonds is 2. The predicted octanol–water partition coefficient (Wildman–Crippen LogP) is 5.07. The number of carbonyl (C=O) groups excluding carboxylic acids is 1. The number of halogens is 1. The zero-order valence-electron chi connectivity index (χ0n) is 17.4. The van der Waals surface area contributed by atoms with Crippen molar-refractivity contribution in [3.05, 3.63) is 57.7 Å². The van der Waals surface area contributed by atoms with Gasteiger partial charge in [-0.25, -0.2) is 4.79 Å². The quantitative estimate of drug-likeness (QED) is 0.435. The van der Waals surface area contributed by atoms with Gasteiger partial charge in [-0.1, -0.05) is 30.2 Å². The molecule has 0 radical (unpaired) electrons. The average molecular weight is 446 g/mol. The van der Waals surface area contributed by atoms with Crippen molar-refractivity contribution < 1.29 is 23.8 Å². The van der Waals surface area contributed by atoms with Crippen molar-refractivity contribution in [2.45, 2.75) is 19.3 Å². The van der Waals surface area contributed by atoms with Crippen molar-refractivity contribution in [2.24, 2.45) is 0 Å². The van der Waals surface area contributed by atoms with Crippen LogP contribution in [-0.2, 0) is 4.74 Å². The summed E-state index contributed by atoms with van der Waals surface area (Å²) < 4.78 is 15.0. The molecule has 1 aliphatic heterocycles. The molecule has 31 heavy (non-hydrogen) atoms. The Morgan fingerprint density at radius 2 is 1.84 bits per heavy atom. The monoisotopic (exact) mass is 445 g/mol. The standard InChI is InChI=1S/C17H11ClO6.C6H13N/c1-22-17(21)24-15-7-9(19)6-14-16(15)12(20)8-13(23-14)10-4-2-3-5-11(10)18;1-7-5-3-2-4-6-7/h2-8,19H,1H3;2-6H2,1H3. The van der Waals surface area contributed by atoms with Gasteiger partial charge in [-0.2, -0.15) is 0 Å². The zero-order chi connectivity index (χ0) is 22.4. The SMILES string of the molecule is CN1CCCCC1.COC(=O)Oc1cc(O)cc2oc(-c3ccccc3Cl)cc(=O)c12. The van der Waals surface area contributed by atoms with Crippen molar-refractivity contribution in [1.29, 1.82) is 0 Å². The average Bonchev–Trinajstić information content (AvgIpc) is 2.74. The Hall–Kier alpha value is -3.03. The minimum absolute atomic E-state index is 0.00834. The Morgan fingerprint density at radius 3 is 2.45 bits per heavy atom. The third-order valence-electron chi connectivity index (χ3n) is 4.86. The van der Waals surface area contributed by atoms with Crippen molar-refractivity contribution in [1.82, 2.24) is 4.90 Å². The third kappa shape index (κ3) is 5.77. The molecule has 7 nitrogen and oxygen atoms in total. The van der Waals surface area contributed by atoms with E-state index in [9.17, 15) is 14.7 Å². The molecule has 0 atom stereocenters. The Morgan fingerprint density at radius 1 is 1.13 bits per heavy atom. The first-order valence-electron chi connectivity index (χ1n) is 9.89. The number of fused-ring (bicyclic) bond motifs is 1. The van der Waals surface area contributed by atoms with Crippen molar-refractivity contribution in [2.75, 3.05) is 27.2 Å². The molecule has 0 unspecified atom stereocenters. The molecular weight excluding hydrogens is 422 g/mol. The van der Waals surface area contributed by atoms with E-state index >= 15 is 0 Å². The number of benzene rings is 2. The molecule has 3 aromatic rings. The second-order valence-corrected chi connectivity index (χ2v) is 7.60. The highest BCUT2D eigenvalue weighted by Gasteiger charge is 2.17. The summed E-state index contributed by atoms with van der Waals surface area (Å²) in [4.78, 5) is 26.2. The summed E-state index contributed by atoms with van der Waals surface area (Å²) in [5.41, 5.74) is 0.123. The first-order chi connectivity index (χ1) is 14.9. The molecule has 2 aromatic carbocycles. The van der Waals surface area contributed by atoms with Crippen LogP contribution in [0.5, 0.6) is 11.5 Å². The minimum Gasteiger partial charge on any atom is -0.508 e. The van der Waals surface area contributed by atoms with E-state index in [0.29, 0.717) is 10.6 Å². The van der Waals surface area contributed by atoms with E-state index in [1.165, 1.54) is 44.5 Å². The lowest BCUT2D eigenvalue weighted by Gasteiger charge is -2.20. The molecule has 0 spiro atoms. The zero-order valence-corrected chi connectivity index (χ0v) is 18.1. The maximum absolute atomic E-state index is 12.5. The van der Waals surface area contributed by atoms with Gasteiger partial charge in [-0.15, -0.1) is 0 Å². The van der Waals surface area contributed by atoms with Crippen LogP contribution in [0.3, 0.4) is 0 Å². The number of nitrogens with zero attached hydrogens (tertiary/aromatic N) is 1. The van der Waals surface area contributed by atoms with Crippen LogP contribution in [-0.4, -0.2) is 43.4 Å².